The number of nitrogens with zero attached hydrogens (tertiary/aromatic N) is 4. The van der Waals surface area contributed by atoms with Gasteiger partial charge >= 0.3 is 0 Å². The van der Waals surface area contributed by atoms with Crippen LogP contribution in [0.4, 0.5) is 16.5 Å². The minimum absolute atomic E-state index is 0.0246. The Morgan fingerprint density at radius 1 is 1.32 bits per heavy atom. The number of hydrogen-bond acceptors (Lipinski definition) is 9. The summed E-state index contributed by atoms with van der Waals surface area (Å²) in [5.41, 5.74) is 2.22. The van der Waals surface area contributed by atoms with Gasteiger partial charge in [0.15, 0.2) is 9.47 Å². The van der Waals surface area contributed by atoms with Gasteiger partial charge in [-0.3, -0.25) is 19.9 Å². The predicted octanol–water partition coefficient (Wildman–Crippen LogP) is 5.53. The number of aliphatic imine (C=N–C) groups is 1. The van der Waals surface area contributed by atoms with Crippen molar-refractivity contribution in [1.82, 2.24) is 9.97 Å². The van der Waals surface area contributed by atoms with Crippen LogP contribution in [0.15, 0.2) is 63.4 Å². The smallest absolute Gasteiger partial charge is 0.270 e. The summed E-state index contributed by atoms with van der Waals surface area (Å²) in [6.07, 6.45) is 3.24. The van der Waals surface area contributed by atoms with Gasteiger partial charge < -0.3 is 5.32 Å². The molecular weight excluding hydrogens is 454 g/mol. The number of hydrogen-bond donors (Lipinski definition) is 1. The minimum atomic E-state index is -0.432. The van der Waals surface area contributed by atoms with Gasteiger partial charge in [-0.2, -0.15) is 0 Å². The molecule has 0 aliphatic rings. The van der Waals surface area contributed by atoms with Crippen molar-refractivity contribution in [2.75, 3.05) is 5.32 Å². The summed E-state index contributed by atoms with van der Waals surface area (Å²) < 4.78 is 1.74. The Morgan fingerprint density at radius 2 is 2.19 bits per heavy atom. The van der Waals surface area contributed by atoms with Crippen LogP contribution in [0.3, 0.4) is 0 Å². The molecular formula is C20H15N5O3S3. The van der Waals surface area contributed by atoms with Gasteiger partial charge in [0.05, 0.1) is 26.1 Å². The maximum Gasteiger partial charge on any atom is 0.270 e. The second-order valence-electron chi connectivity index (χ2n) is 6.33. The highest BCUT2D eigenvalue weighted by Gasteiger charge is 2.18. The number of fused-ring (bicyclic) bond motifs is 1. The molecule has 1 amide bonds. The summed E-state index contributed by atoms with van der Waals surface area (Å²) >= 11 is 4.25. The topological polar surface area (TPSA) is 110 Å². The third-order valence-electron chi connectivity index (χ3n) is 4.11. The zero-order valence-electron chi connectivity index (χ0n) is 16.1. The molecule has 0 radical (unpaired) electrons. The lowest BCUT2D eigenvalue weighted by Crippen LogP contribution is -2.22. The van der Waals surface area contributed by atoms with Crippen molar-refractivity contribution in [3.63, 3.8) is 0 Å². The highest BCUT2D eigenvalue weighted by molar-refractivity contribution is 8.02. The van der Waals surface area contributed by atoms with Crippen LogP contribution in [0.2, 0.25) is 0 Å². The Kier molecular flexibility index (Phi) is 6.35. The standard InChI is InChI=1S/C20H15N5O3S3/c1-12(18(26)24-19-21-7-8-29-19)30-20-23-16-6-5-14(10-17(16)31-20)22-11-13-3-2-4-15(9-13)25(27)28/h2-12H,1H3,(H,21,24,26)/t12-/m0/s1. The Morgan fingerprint density at radius 3 is 2.97 bits per heavy atom. The average Bonchev–Trinajstić information content (AvgIpc) is 3.41. The first-order valence-corrected chi connectivity index (χ1v) is 11.6. The SMILES string of the molecule is C[C@H](Sc1nc2ccc(N=Cc3cccc([N+](=O)[O-])c3)cc2s1)C(=O)Nc1nccs1. The van der Waals surface area contributed by atoms with Crippen molar-refractivity contribution in [1.29, 1.82) is 0 Å². The molecule has 1 N–H and O–H groups in total. The molecule has 8 nitrogen and oxygen atoms in total. The van der Waals surface area contributed by atoms with Gasteiger partial charge in [0.25, 0.3) is 5.69 Å². The number of carbonyl (C=O) groups is 1. The fourth-order valence-electron chi connectivity index (χ4n) is 2.59. The number of thioether (sulfide) groups is 1. The van der Waals surface area contributed by atoms with E-state index in [9.17, 15) is 14.9 Å². The number of thiazole rings is 2. The molecule has 0 fully saturated rings. The maximum atomic E-state index is 12.3. The molecule has 2 aromatic heterocycles. The zero-order valence-corrected chi connectivity index (χ0v) is 18.5. The van der Waals surface area contributed by atoms with Gasteiger partial charge in [-0.1, -0.05) is 23.9 Å². The van der Waals surface area contributed by atoms with Crippen molar-refractivity contribution >= 4 is 73.3 Å². The highest BCUT2D eigenvalue weighted by atomic mass is 32.2. The van der Waals surface area contributed by atoms with Gasteiger partial charge in [0.2, 0.25) is 5.91 Å². The van der Waals surface area contributed by atoms with E-state index in [1.807, 2.05) is 25.1 Å². The number of carbonyl (C=O) groups excluding carboxylic acids is 1. The zero-order chi connectivity index (χ0) is 21.8. The van der Waals surface area contributed by atoms with Crippen molar-refractivity contribution in [2.45, 2.75) is 16.5 Å². The fourth-order valence-corrected chi connectivity index (χ4v) is 5.36. The summed E-state index contributed by atoms with van der Waals surface area (Å²) in [5, 5.41) is 15.7. The van der Waals surface area contributed by atoms with Crippen LogP contribution in [0, 0.1) is 10.1 Å². The number of non-ortho nitro benzene ring substituents is 1. The number of benzene rings is 2. The summed E-state index contributed by atoms with van der Waals surface area (Å²) in [6.45, 7) is 1.83. The van der Waals surface area contributed by atoms with Crippen molar-refractivity contribution in [3.8, 4) is 0 Å². The first-order chi connectivity index (χ1) is 15.0. The quantitative estimate of drug-likeness (QED) is 0.165. The van der Waals surface area contributed by atoms with Gasteiger partial charge in [0.1, 0.15) is 0 Å². The Labute approximate surface area is 189 Å². The molecule has 1 atom stereocenters. The van der Waals surface area contributed by atoms with Crippen LogP contribution in [0.25, 0.3) is 10.2 Å². The molecule has 0 spiro atoms. The third kappa shape index (κ3) is 5.32. The number of amides is 1. The lowest BCUT2D eigenvalue weighted by atomic mass is 10.2. The van der Waals surface area contributed by atoms with Crippen molar-refractivity contribution < 1.29 is 9.72 Å². The monoisotopic (exact) mass is 469 g/mol. The van der Waals surface area contributed by atoms with Crippen LogP contribution >= 0.6 is 34.4 Å². The lowest BCUT2D eigenvalue weighted by molar-refractivity contribution is -0.384. The summed E-state index contributed by atoms with van der Waals surface area (Å²) in [5.74, 6) is -0.124. The number of anilines is 1. The summed E-state index contributed by atoms with van der Waals surface area (Å²) in [6, 6.07) is 11.9. The molecule has 0 bridgehead atoms. The number of rotatable bonds is 7. The molecule has 4 aromatic rings. The van der Waals surface area contributed by atoms with E-state index < -0.39 is 4.92 Å². The van der Waals surface area contributed by atoms with Crippen molar-refractivity contribution in [2.24, 2.45) is 4.99 Å². The summed E-state index contributed by atoms with van der Waals surface area (Å²) in [7, 11) is 0. The van der Waals surface area contributed by atoms with Crippen molar-refractivity contribution in [3.05, 3.63) is 69.7 Å². The Hall–Kier alpha value is -3.15. The van der Waals surface area contributed by atoms with Crippen LogP contribution in [0.1, 0.15) is 12.5 Å². The first-order valence-electron chi connectivity index (χ1n) is 9.04. The number of nitrogens with one attached hydrogen (secondary N) is 1. The second kappa shape index (κ2) is 9.33. The number of aromatic nitrogens is 2. The van der Waals surface area contributed by atoms with E-state index in [1.165, 1.54) is 46.6 Å². The largest absolute Gasteiger partial charge is 0.301 e. The van der Waals surface area contributed by atoms with Gasteiger partial charge in [-0.05, 0) is 30.7 Å². The van der Waals surface area contributed by atoms with Gasteiger partial charge in [0, 0.05) is 29.9 Å². The third-order valence-corrected chi connectivity index (χ3v) is 7.01. The van der Waals surface area contributed by atoms with Crippen LogP contribution < -0.4 is 5.32 Å². The molecule has 0 aliphatic carbocycles. The van der Waals surface area contributed by atoms with Crippen LogP contribution in [0.5, 0.6) is 0 Å². The second-order valence-corrected chi connectivity index (χ2v) is 9.84. The first kappa shape index (κ1) is 21.1. The van der Waals surface area contributed by atoms with E-state index in [2.05, 4.69) is 20.3 Å². The summed E-state index contributed by atoms with van der Waals surface area (Å²) in [4.78, 5) is 35.9. The molecule has 31 heavy (non-hydrogen) atoms. The number of nitro groups is 1. The molecule has 11 heteroatoms. The van der Waals surface area contributed by atoms with E-state index in [0.717, 1.165) is 14.6 Å². The minimum Gasteiger partial charge on any atom is -0.301 e. The molecule has 156 valence electrons. The Bertz CT molecular complexity index is 1270. The van der Waals surface area contributed by atoms with E-state index in [0.29, 0.717) is 16.4 Å². The molecule has 0 aliphatic heterocycles. The molecule has 2 heterocycles. The molecule has 0 saturated heterocycles. The highest BCUT2D eigenvalue weighted by Crippen LogP contribution is 2.34. The van der Waals surface area contributed by atoms with Gasteiger partial charge in [-0.15, -0.1) is 22.7 Å². The molecule has 0 unspecified atom stereocenters. The van der Waals surface area contributed by atoms with E-state index >= 15 is 0 Å². The average molecular weight is 470 g/mol. The van der Waals surface area contributed by atoms with E-state index in [-0.39, 0.29) is 16.8 Å². The van der Waals surface area contributed by atoms with E-state index in [4.69, 9.17) is 0 Å². The number of nitro benzene ring substituents is 1. The van der Waals surface area contributed by atoms with E-state index in [1.54, 1.807) is 29.9 Å². The molecule has 0 saturated carbocycles. The van der Waals surface area contributed by atoms with Gasteiger partial charge in [-0.25, -0.2) is 9.97 Å². The maximum absolute atomic E-state index is 12.3. The molecule has 2 aromatic carbocycles. The molecule has 4 rings (SSSR count). The van der Waals surface area contributed by atoms with Crippen LogP contribution in [-0.2, 0) is 4.79 Å². The normalized spacial score (nSPS) is 12.3. The fraction of sp³-hybridized carbons (Fsp3) is 0.100. The Balaban J connectivity index is 1.46. The predicted molar refractivity (Wildman–Crippen MR) is 126 cm³/mol. The lowest BCUT2D eigenvalue weighted by Gasteiger charge is -2.07. The van der Waals surface area contributed by atoms with Crippen LogP contribution in [-0.4, -0.2) is 32.3 Å².